The van der Waals surface area contributed by atoms with Crippen LogP contribution in [0.3, 0.4) is 0 Å². The maximum Gasteiger partial charge on any atom is 0.340 e. The molecule has 0 aromatic carbocycles. The van der Waals surface area contributed by atoms with Gasteiger partial charge in [0.1, 0.15) is 12.3 Å². The van der Waals surface area contributed by atoms with Gasteiger partial charge in [-0.3, -0.25) is 14.2 Å². The fourth-order valence-corrected chi connectivity index (χ4v) is 2.83. The Morgan fingerprint density at radius 1 is 1.44 bits per heavy atom. The summed E-state index contributed by atoms with van der Waals surface area (Å²) in [5, 5.41) is 19.1. The van der Waals surface area contributed by atoms with E-state index in [1.165, 1.54) is 17.3 Å². The van der Waals surface area contributed by atoms with Crippen molar-refractivity contribution in [2.24, 2.45) is 5.41 Å². The molecule has 0 spiro atoms. The highest BCUT2D eigenvalue weighted by Crippen LogP contribution is 2.27. The Morgan fingerprint density at radius 3 is 2.56 bits per heavy atom. The van der Waals surface area contributed by atoms with Crippen LogP contribution in [-0.2, 0) is 4.74 Å². The summed E-state index contributed by atoms with van der Waals surface area (Å²) < 4.78 is 7.17. The van der Waals surface area contributed by atoms with Crippen LogP contribution in [0.4, 0.5) is 0 Å². The Morgan fingerprint density at radius 2 is 2.08 bits per heavy atom. The molecule has 9 heteroatoms. The first kappa shape index (κ1) is 19.8. The third-order valence-corrected chi connectivity index (χ3v) is 4.19. The van der Waals surface area contributed by atoms with E-state index in [1.807, 2.05) is 0 Å². The molecule has 1 fully saturated rings. The van der Waals surface area contributed by atoms with Crippen LogP contribution in [0.2, 0.25) is 0 Å². The minimum absolute atomic E-state index is 0.0600. The topological polar surface area (TPSA) is 111 Å². The lowest BCUT2D eigenvalue weighted by atomic mass is 9.95. The van der Waals surface area contributed by atoms with E-state index in [2.05, 4.69) is 15.9 Å². The summed E-state index contributed by atoms with van der Waals surface area (Å²) in [4.78, 5) is 39.4. The van der Waals surface area contributed by atoms with E-state index >= 15 is 0 Å². The molecule has 1 aromatic rings. The Kier molecular flexibility index (Phi) is 5.82. The molecule has 3 atom stereocenters. The molecule has 0 bridgehead atoms. The minimum atomic E-state index is -0.948. The molecule has 25 heavy (non-hydrogen) atoms. The summed E-state index contributed by atoms with van der Waals surface area (Å²) in [6.07, 6.45) is 0.0964. The largest absolute Gasteiger partial charge is 0.394 e. The van der Waals surface area contributed by atoms with Gasteiger partial charge in [-0.1, -0.05) is 36.7 Å². The lowest BCUT2D eigenvalue weighted by molar-refractivity contribution is -0.0462. The van der Waals surface area contributed by atoms with Crippen LogP contribution in [0, 0.1) is 5.41 Å². The number of aliphatic hydroxyl groups is 2. The first-order valence-corrected chi connectivity index (χ1v) is 8.67. The number of halogens is 1. The number of nitrogens with zero attached hydrogens (tertiary/aromatic N) is 2. The molecule has 1 aliphatic rings. The standard InChI is InChI=1S/C16H21BrN2O6/c1-16(2,3)14(23)19-13(22)9(4-5-17)7-18(15(19)24)12-6-10(21)11(8-20)25-12/h4-5,7,10-12,20-21H,6,8H2,1-3H3/b5-4+/t10-,11+,12+/m0/s1. The summed E-state index contributed by atoms with van der Waals surface area (Å²) in [5.41, 5.74) is -2.40. The quantitative estimate of drug-likeness (QED) is 0.750. The van der Waals surface area contributed by atoms with Crippen LogP contribution >= 0.6 is 15.9 Å². The van der Waals surface area contributed by atoms with E-state index in [-0.39, 0.29) is 12.0 Å². The van der Waals surface area contributed by atoms with E-state index in [0.29, 0.717) is 4.57 Å². The van der Waals surface area contributed by atoms with Gasteiger partial charge >= 0.3 is 5.69 Å². The van der Waals surface area contributed by atoms with Crippen LogP contribution in [-0.4, -0.2) is 44.1 Å². The Bertz CT molecular complexity index is 804. The molecule has 1 aromatic heterocycles. The van der Waals surface area contributed by atoms with Crippen molar-refractivity contribution in [2.75, 3.05) is 6.61 Å². The van der Waals surface area contributed by atoms with Crippen molar-refractivity contribution < 1.29 is 19.7 Å². The summed E-state index contributed by atoms with van der Waals surface area (Å²) in [6, 6.07) is 0. The fourth-order valence-electron chi connectivity index (χ4n) is 2.54. The lowest BCUT2D eigenvalue weighted by Gasteiger charge is -2.21. The molecule has 2 rings (SSSR count). The molecule has 1 saturated heterocycles. The van der Waals surface area contributed by atoms with Gasteiger partial charge in [-0.25, -0.2) is 4.79 Å². The highest BCUT2D eigenvalue weighted by Gasteiger charge is 2.36. The molecule has 2 N–H and O–H groups in total. The van der Waals surface area contributed by atoms with E-state index < -0.39 is 47.6 Å². The second-order valence-electron chi connectivity index (χ2n) is 6.88. The van der Waals surface area contributed by atoms with Crippen molar-refractivity contribution >= 4 is 27.9 Å². The Balaban J connectivity index is 2.66. The zero-order valence-corrected chi connectivity index (χ0v) is 15.8. The fraction of sp³-hybridized carbons (Fsp3) is 0.562. The summed E-state index contributed by atoms with van der Waals surface area (Å²) in [7, 11) is 0. The van der Waals surface area contributed by atoms with Gasteiger partial charge in [0.2, 0.25) is 5.91 Å². The first-order valence-electron chi connectivity index (χ1n) is 7.76. The zero-order chi connectivity index (χ0) is 18.9. The predicted octanol–water partition coefficient (Wildman–Crippen LogP) is 0.703. The molecule has 8 nitrogen and oxygen atoms in total. The van der Waals surface area contributed by atoms with Crippen molar-refractivity contribution in [1.29, 1.82) is 0 Å². The Labute approximate surface area is 152 Å². The van der Waals surface area contributed by atoms with Crippen molar-refractivity contribution in [3.05, 3.63) is 37.6 Å². The van der Waals surface area contributed by atoms with Gasteiger partial charge in [0.15, 0.2) is 0 Å². The number of hydrogen-bond acceptors (Lipinski definition) is 6. The monoisotopic (exact) mass is 416 g/mol. The number of hydrogen-bond donors (Lipinski definition) is 2. The first-order chi connectivity index (χ1) is 11.6. The minimum Gasteiger partial charge on any atom is -0.394 e. The average molecular weight is 417 g/mol. The number of carbonyl (C=O) groups is 1. The van der Waals surface area contributed by atoms with E-state index in [1.54, 1.807) is 20.8 Å². The van der Waals surface area contributed by atoms with Gasteiger partial charge < -0.3 is 14.9 Å². The zero-order valence-electron chi connectivity index (χ0n) is 14.2. The lowest BCUT2D eigenvalue weighted by Crippen LogP contribution is -2.48. The van der Waals surface area contributed by atoms with Crippen LogP contribution in [0.5, 0.6) is 0 Å². The second kappa shape index (κ2) is 7.36. The molecule has 0 saturated carbocycles. The SMILES string of the molecule is CC(C)(C)C(=O)n1c(=O)c(/C=C/Br)cn([C@H]2C[C@H](O)[C@@H](CO)O2)c1=O. The maximum absolute atomic E-state index is 12.8. The molecule has 0 aliphatic carbocycles. The van der Waals surface area contributed by atoms with Crippen molar-refractivity contribution in [2.45, 2.75) is 45.6 Å². The second-order valence-corrected chi connectivity index (χ2v) is 7.41. The molecule has 0 radical (unpaired) electrons. The van der Waals surface area contributed by atoms with Crippen molar-refractivity contribution in [3.63, 3.8) is 0 Å². The number of ether oxygens (including phenoxy) is 1. The van der Waals surface area contributed by atoms with Gasteiger partial charge in [0.05, 0.1) is 18.3 Å². The van der Waals surface area contributed by atoms with Crippen LogP contribution < -0.4 is 11.2 Å². The number of carbonyl (C=O) groups excluding carboxylic acids is 1. The number of rotatable bonds is 3. The summed E-state index contributed by atoms with van der Waals surface area (Å²) >= 11 is 3.07. The molecule has 1 aliphatic heterocycles. The predicted molar refractivity (Wildman–Crippen MR) is 94.6 cm³/mol. The smallest absolute Gasteiger partial charge is 0.340 e. The Hall–Kier alpha value is -1.55. The van der Waals surface area contributed by atoms with E-state index in [4.69, 9.17) is 4.74 Å². The normalized spacial score (nSPS) is 24.2. The van der Waals surface area contributed by atoms with Crippen molar-refractivity contribution in [3.8, 4) is 0 Å². The van der Waals surface area contributed by atoms with Gasteiger partial charge in [-0.15, -0.1) is 0 Å². The van der Waals surface area contributed by atoms with Gasteiger partial charge in [-0.05, 0) is 11.1 Å². The van der Waals surface area contributed by atoms with Crippen LogP contribution in [0.1, 0.15) is 43.8 Å². The van der Waals surface area contributed by atoms with Gasteiger partial charge in [0, 0.05) is 18.0 Å². The van der Waals surface area contributed by atoms with E-state index in [9.17, 15) is 24.6 Å². The van der Waals surface area contributed by atoms with E-state index in [0.717, 1.165) is 4.57 Å². The summed E-state index contributed by atoms with van der Waals surface area (Å²) in [6.45, 7) is 4.42. The average Bonchev–Trinajstić information content (AvgIpc) is 2.90. The van der Waals surface area contributed by atoms with Gasteiger partial charge in [0.25, 0.3) is 5.56 Å². The highest BCUT2D eigenvalue weighted by molar-refractivity contribution is 9.11. The molecule has 0 amide bonds. The molecule has 138 valence electrons. The number of aliphatic hydroxyl groups excluding tert-OH is 2. The highest BCUT2D eigenvalue weighted by atomic mass is 79.9. The van der Waals surface area contributed by atoms with Crippen LogP contribution in [0.15, 0.2) is 20.8 Å². The van der Waals surface area contributed by atoms with Gasteiger partial charge in [-0.2, -0.15) is 4.57 Å². The third kappa shape index (κ3) is 3.84. The maximum atomic E-state index is 12.8. The molecule has 2 heterocycles. The summed E-state index contributed by atoms with van der Waals surface area (Å²) in [5.74, 6) is -0.640. The van der Waals surface area contributed by atoms with Crippen LogP contribution in [0.25, 0.3) is 6.08 Å². The molecule has 0 unspecified atom stereocenters. The molecular weight excluding hydrogens is 396 g/mol. The number of aromatic nitrogens is 2. The van der Waals surface area contributed by atoms with Crippen molar-refractivity contribution in [1.82, 2.24) is 9.13 Å². The third-order valence-electron chi connectivity index (χ3n) is 3.92. The molecular formula is C16H21BrN2O6.